The predicted molar refractivity (Wildman–Crippen MR) is 110 cm³/mol. The fourth-order valence-corrected chi connectivity index (χ4v) is 3.32. The Balaban J connectivity index is 1.79. The molecule has 7 nitrogen and oxygen atoms in total. The number of ether oxygens (including phenoxy) is 1. The Morgan fingerprint density at radius 1 is 1.14 bits per heavy atom. The van der Waals surface area contributed by atoms with Crippen molar-refractivity contribution in [1.82, 2.24) is 10.6 Å². The number of rotatable bonds is 7. The van der Waals surface area contributed by atoms with Crippen LogP contribution in [-0.4, -0.2) is 31.0 Å². The van der Waals surface area contributed by atoms with Gasteiger partial charge >= 0.3 is 6.03 Å². The number of amides is 4. The Morgan fingerprint density at radius 2 is 1.86 bits per heavy atom. The lowest BCUT2D eigenvalue weighted by Crippen LogP contribution is -2.50. The summed E-state index contributed by atoms with van der Waals surface area (Å²) >= 11 is 0. The van der Waals surface area contributed by atoms with Crippen molar-refractivity contribution in [1.29, 1.82) is 0 Å². The van der Waals surface area contributed by atoms with Gasteiger partial charge in [0.1, 0.15) is 5.75 Å². The summed E-state index contributed by atoms with van der Waals surface area (Å²) in [6.45, 7) is 4.76. The van der Waals surface area contributed by atoms with Crippen molar-refractivity contribution in [2.75, 3.05) is 18.1 Å². The molecule has 0 spiro atoms. The van der Waals surface area contributed by atoms with Gasteiger partial charge in [0.25, 0.3) is 5.91 Å². The van der Waals surface area contributed by atoms with E-state index in [1.54, 1.807) is 24.3 Å². The number of carbonyl (C=O) groups excluding carboxylic acids is 3. The van der Waals surface area contributed by atoms with E-state index in [9.17, 15) is 14.4 Å². The first kappa shape index (κ1) is 20.4. The van der Waals surface area contributed by atoms with Crippen LogP contribution in [0.4, 0.5) is 10.5 Å². The lowest BCUT2D eigenvalue weighted by molar-refractivity contribution is -0.120. The summed E-state index contributed by atoms with van der Waals surface area (Å²) in [5, 5.41) is 5.34. The van der Waals surface area contributed by atoms with Gasteiger partial charge in [0.05, 0.1) is 23.9 Å². The van der Waals surface area contributed by atoms with E-state index in [4.69, 9.17) is 4.74 Å². The lowest BCUT2D eigenvalue weighted by atomic mass is 10.0. The SMILES string of the molecule is CCOc1ccc([C@H](CC)NC(=O)c2ccccc2N2CCC(=O)NC2=O)cc1. The third-order valence-corrected chi connectivity index (χ3v) is 4.80. The highest BCUT2D eigenvalue weighted by atomic mass is 16.5. The molecule has 3 rings (SSSR count). The topological polar surface area (TPSA) is 87.7 Å². The van der Waals surface area contributed by atoms with E-state index in [0.717, 1.165) is 11.3 Å². The maximum atomic E-state index is 13.0. The van der Waals surface area contributed by atoms with E-state index in [2.05, 4.69) is 10.6 Å². The fourth-order valence-electron chi connectivity index (χ4n) is 3.32. The molecule has 2 aromatic carbocycles. The van der Waals surface area contributed by atoms with Crippen LogP contribution in [0.5, 0.6) is 5.75 Å². The number of hydrogen-bond donors (Lipinski definition) is 2. The molecule has 152 valence electrons. The Hall–Kier alpha value is -3.35. The summed E-state index contributed by atoms with van der Waals surface area (Å²) in [6, 6.07) is 13.9. The molecule has 1 atom stereocenters. The summed E-state index contributed by atoms with van der Waals surface area (Å²) in [6.07, 6.45) is 0.909. The Morgan fingerprint density at radius 3 is 2.52 bits per heavy atom. The molecule has 4 amide bonds. The first-order valence-corrected chi connectivity index (χ1v) is 9.77. The molecule has 0 aliphatic carbocycles. The predicted octanol–water partition coefficient (Wildman–Crippen LogP) is 3.41. The third kappa shape index (κ3) is 4.74. The summed E-state index contributed by atoms with van der Waals surface area (Å²) in [5.74, 6) is 0.203. The molecule has 2 N–H and O–H groups in total. The van der Waals surface area contributed by atoms with Crippen LogP contribution < -0.4 is 20.3 Å². The molecule has 29 heavy (non-hydrogen) atoms. The van der Waals surface area contributed by atoms with Crippen LogP contribution in [0.1, 0.15) is 48.7 Å². The first-order valence-electron chi connectivity index (χ1n) is 9.77. The van der Waals surface area contributed by atoms with Crippen LogP contribution in [-0.2, 0) is 4.79 Å². The second kappa shape index (κ2) is 9.23. The molecular weight excluding hydrogens is 370 g/mol. The smallest absolute Gasteiger partial charge is 0.328 e. The molecule has 1 fully saturated rings. The van der Waals surface area contributed by atoms with Crippen LogP contribution in [0.25, 0.3) is 0 Å². The number of carbonyl (C=O) groups is 3. The largest absolute Gasteiger partial charge is 0.494 e. The highest BCUT2D eigenvalue weighted by molar-refractivity contribution is 6.09. The number of imide groups is 1. The van der Waals surface area contributed by atoms with Gasteiger partial charge in [0.2, 0.25) is 5.91 Å². The standard InChI is InChI=1S/C22H25N3O4/c1-3-18(15-9-11-16(12-10-15)29-4-2)23-21(27)17-7-5-6-8-19(17)25-14-13-20(26)24-22(25)28/h5-12,18H,3-4,13-14H2,1-2H3,(H,23,27)(H,24,26,28)/t18-/m0/s1. The molecular formula is C22H25N3O4. The number of benzene rings is 2. The zero-order valence-electron chi connectivity index (χ0n) is 16.6. The van der Waals surface area contributed by atoms with E-state index in [1.807, 2.05) is 38.1 Å². The zero-order valence-corrected chi connectivity index (χ0v) is 16.6. The number of anilines is 1. The van der Waals surface area contributed by atoms with Crippen molar-refractivity contribution in [2.24, 2.45) is 0 Å². The van der Waals surface area contributed by atoms with Gasteiger partial charge in [-0.25, -0.2) is 4.79 Å². The van der Waals surface area contributed by atoms with E-state index >= 15 is 0 Å². The zero-order chi connectivity index (χ0) is 20.8. The summed E-state index contributed by atoms with van der Waals surface area (Å²) in [7, 11) is 0. The highest BCUT2D eigenvalue weighted by Crippen LogP contribution is 2.25. The minimum absolute atomic E-state index is 0.178. The van der Waals surface area contributed by atoms with Crippen molar-refractivity contribution in [3.8, 4) is 5.75 Å². The van der Waals surface area contributed by atoms with Crippen molar-refractivity contribution < 1.29 is 19.1 Å². The summed E-state index contributed by atoms with van der Waals surface area (Å²) in [4.78, 5) is 38.1. The molecule has 7 heteroatoms. The van der Waals surface area contributed by atoms with Crippen LogP contribution in [0, 0.1) is 0 Å². The van der Waals surface area contributed by atoms with Gasteiger partial charge in [-0.1, -0.05) is 31.2 Å². The van der Waals surface area contributed by atoms with Crippen LogP contribution in [0.2, 0.25) is 0 Å². The van der Waals surface area contributed by atoms with Gasteiger partial charge < -0.3 is 10.1 Å². The maximum Gasteiger partial charge on any atom is 0.328 e. The quantitative estimate of drug-likeness (QED) is 0.752. The molecule has 0 radical (unpaired) electrons. The molecule has 1 saturated heterocycles. The summed E-state index contributed by atoms with van der Waals surface area (Å²) in [5.41, 5.74) is 1.85. The second-order valence-corrected chi connectivity index (χ2v) is 6.71. The molecule has 1 heterocycles. The van der Waals surface area contributed by atoms with E-state index < -0.39 is 6.03 Å². The van der Waals surface area contributed by atoms with E-state index in [-0.39, 0.29) is 30.8 Å². The average molecular weight is 395 g/mol. The molecule has 0 aromatic heterocycles. The summed E-state index contributed by atoms with van der Waals surface area (Å²) < 4.78 is 5.47. The van der Waals surface area contributed by atoms with Gasteiger partial charge in [0, 0.05) is 13.0 Å². The highest BCUT2D eigenvalue weighted by Gasteiger charge is 2.27. The van der Waals surface area contributed by atoms with Crippen molar-refractivity contribution in [2.45, 2.75) is 32.7 Å². The minimum atomic E-state index is -0.514. The minimum Gasteiger partial charge on any atom is -0.494 e. The van der Waals surface area contributed by atoms with Crippen LogP contribution in [0.3, 0.4) is 0 Å². The molecule has 1 aliphatic heterocycles. The van der Waals surface area contributed by atoms with E-state index in [1.165, 1.54) is 4.90 Å². The van der Waals surface area contributed by atoms with Crippen LogP contribution in [0.15, 0.2) is 48.5 Å². The number of urea groups is 1. The number of para-hydroxylation sites is 1. The number of nitrogens with zero attached hydrogens (tertiary/aromatic N) is 1. The fraction of sp³-hybridized carbons (Fsp3) is 0.318. The third-order valence-electron chi connectivity index (χ3n) is 4.80. The Bertz CT molecular complexity index is 895. The normalized spacial score (nSPS) is 14.9. The maximum absolute atomic E-state index is 13.0. The van der Waals surface area contributed by atoms with Crippen LogP contribution >= 0.6 is 0 Å². The Labute approximate surface area is 170 Å². The van der Waals surface area contributed by atoms with Crippen molar-refractivity contribution in [3.63, 3.8) is 0 Å². The molecule has 1 aliphatic rings. The lowest BCUT2D eigenvalue weighted by Gasteiger charge is -2.28. The monoisotopic (exact) mass is 395 g/mol. The molecule has 0 unspecified atom stereocenters. The Kier molecular flexibility index (Phi) is 6.49. The van der Waals surface area contributed by atoms with Crippen molar-refractivity contribution in [3.05, 3.63) is 59.7 Å². The van der Waals surface area contributed by atoms with Gasteiger partial charge in [-0.2, -0.15) is 0 Å². The van der Waals surface area contributed by atoms with Gasteiger partial charge in [-0.3, -0.25) is 19.8 Å². The van der Waals surface area contributed by atoms with E-state index in [0.29, 0.717) is 24.3 Å². The first-order chi connectivity index (χ1) is 14.0. The number of nitrogens with one attached hydrogen (secondary N) is 2. The van der Waals surface area contributed by atoms with Gasteiger partial charge in [-0.15, -0.1) is 0 Å². The molecule has 0 saturated carbocycles. The average Bonchev–Trinajstić information content (AvgIpc) is 2.73. The van der Waals surface area contributed by atoms with Gasteiger partial charge in [-0.05, 0) is 43.2 Å². The van der Waals surface area contributed by atoms with Crippen molar-refractivity contribution >= 4 is 23.5 Å². The molecule has 0 bridgehead atoms. The number of hydrogen-bond acceptors (Lipinski definition) is 4. The van der Waals surface area contributed by atoms with Gasteiger partial charge in [0.15, 0.2) is 0 Å². The second-order valence-electron chi connectivity index (χ2n) is 6.71. The molecule has 2 aromatic rings.